The molecule has 0 fully saturated rings. The molecule has 0 radical (unpaired) electrons. The van der Waals surface area contributed by atoms with Crippen LogP contribution in [0.5, 0.6) is 5.75 Å². The fourth-order valence-electron chi connectivity index (χ4n) is 2.49. The molecular weight excluding hydrogens is 287 g/mol. The average molecular weight is 303 g/mol. The zero-order valence-corrected chi connectivity index (χ0v) is 13.0. The number of aryl methyl sites for hydroxylation is 3. The lowest BCUT2D eigenvalue weighted by atomic mass is 9.93. The van der Waals surface area contributed by atoms with Crippen LogP contribution in [-0.4, -0.2) is 10.7 Å². The maximum absolute atomic E-state index is 12.7. The minimum absolute atomic E-state index is 0.116. The first-order valence-corrected chi connectivity index (χ1v) is 7.59. The molecule has 2 aromatic carbocycles. The molecule has 0 heterocycles. The average Bonchev–Trinajstić information content (AvgIpc) is 2.37. The van der Waals surface area contributed by atoms with E-state index in [0.717, 1.165) is 16.7 Å². The molecule has 1 unspecified atom stereocenters. The Labute approximate surface area is 124 Å². The third-order valence-electron chi connectivity index (χ3n) is 3.21. The summed E-state index contributed by atoms with van der Waals surface area (Å²) < 4.78 is 15.7. The van der Waals surface area contributed by atoms with Crippen LogP contribution in [0.2, 0.25) is 0 Å². The van der Waals surface area contributed by atoms with Crippen molar-refractivity contribution in [2.24, 2.45) is 0 Å². The Bertz CT molecular complexity index is 699. The van der Waals surface area contributed by atoms with Crippen molar-refractivity contribution >= 4 is 14.0 Å². The van der Waals surface area contributed by atoms with Crippen LogP contribution in [-0.2, 0) is 4.57 Å². The molecule has 0 bridgehead atoms. The molecule has 0 aromatic heterocycles. The Hall–Kier alpha value is -2.03. The summed E-state index contributed by atoms with van der Waals surface area (Å²) >= 11 is 0. The smallest absolute Gasteiger partial charge is 0.288 e. The second-order valence-electron chi connectivity index (χ2n) is 4.93. The normalized spacial score (nSPS) is 11.1. The lowest BCUT2D eigenvalue weighted by Gasteiger charge is -2.11. The van der Waals surface area contributed by atoms with E-state index in [1.165, 1.54) is 6.07 Å². The second-order valence-corrected chi connectivity index (χ2v) is 5.59. The summed E-state index contributed by atoms with van der Waals surface area (Å²) in [5.41, 5.74) is 3.72. The molecule has 5 heteroatoms. The van der Waals surface area contributed by atoms with Gasteiger partial charge in [-0.15, -0.1) is 4.89 Å². The van der Waals surface area contributed by atoms with Gasteiger partial charge in [0.2, 0.25) is 5.75 Å². The third-order valence-corrected chi connectivity index (χ3v) is 3.57. The first-order valence-electron chi connectivity index (χ1n) is 6.46. The zero-order chi connectivity index (χ0) is 15.6. The van der Waals surface area contributed by atoms with E-state index < -0.39 is 8.25 Å². The molecule has 0 saturated heterocycles. The molecule has 2 aromatic rings. The highest BCUT2D eigenvalue weighted by Crippen LogP contribution is 2.30. The summed E-state index contributed by atoms with van der Waals surface area (Å²) in [4.78, 5) is 21.6. The van der Waals surface area contributed by atoms with Crippen LogP contribution in [0.4, 0.5) is 0 Å². The van der Waals surface area contributed by atoms with Gasteiger partial charge in [-0.25, -0.2) is 4.52 Å². The predicted molar refractivity (Wildman–Crippen MR) is 81.0 cm³/mol. The highest BCUT2D eigenvalue weighted by molar-refractivity contribution is 7.32. The minimum Gasteiger partial charge on any atom is -0.288 e. The van der Waals surface area contributed by atoms with E-state index in [0.29, 0.717) is 5.56 Å². The van der Waals surface area contributed by atoms with Crippen LogP contribution >= 0.6 is 8.25 Å². The Morgan fingerprint density at radius 2 is 1.67 bits per heavy atom. The molecular formula is C16H16O4P+. The fraction of sp³-hybridized carbons (Fsp3) is 0.188. The third kappa shape index (κ3) is 3.35. The van der Waals surface area contributed by atoms with E-state index >= 15 is 0 Å². The number of para-hydroxylation sites is 1. The maximum atomic E-state index is 12.7. The maximum Gasteiger partial charge on any atom is 0.747 e. The number of carbonyl (C=O) groups is 1. The van der Waals surface area contributed by atoms with Gasteiger partial charge in [0.15, 0.2) is 5.78 Å². The van der Waals surface area contributed by atoms with Crippen molar-refractivity contribution in [2.75, 3.05) is 0 Å². The van der Waals surface area contributed by atoms with Crippen LogP contribution in [0, 0.1) is 20.8 Å². The van der Waals surface area contributed by atoms with Crippen molar-refractivity contribution in [1.82, 2.24) is 0 Å². The van der Waals surface area contributed by atoms with Gasteiger partial charge in [0.05, 0.1) is 5.56 Å². The zero-order valence-electron chi connectivity index (χ0n) is 12.1. The standard InChI is InChI=1S/C16H15O4P/c1-10-8-11(2)15(12(3)9-10)16(17)13-6-4-5-7-14(13)20-21(18)19/h4-9H,1-3H3/p+1. The number of carbonyl (C=O) groups excluding carboxylic acids is 1. The number of benzene rings is 2. The summed E-state index contributed by atoms with van der Waals surface area (Å²) in [6.07, 6.45) is 0. The second kappa shape index (κ2) is 6.17. The summed E-state index contributed by atoms with van der Waals surface area (Å²) in [6, 6.07) is 10.3. The van der Waals surface area contributed by atoms with Gasteiger partial charge in [0, 0.05) is 10.1 Å². The minimum atomic E-state index is -2.81. The first kappa shape index (κ1) is 15.4. The van der Waals surface area contributed by atoms with E-state index in [1.54, 1.807) is 18.2 Å². The van der Waals surface area contributed by atoms with E-state index in [-0.39, 0.29) is 17.1 Å². The fourth-order valence-corrected chi connectivity index (χ4v) is 2.82. The molecule has 0 spiro atoms. The van der Waals surface area contributed by atoms with E-state index in [4.69, 9.17) is 9.42 Å². The van der Waals surface area contributed by atoms with Gasteiger partial charge in [0.1, 0.15) is 0 Å². The number of ketones is 1. The van der Waals surface area contributed by atoms with Gasteiger partial charge in [-0.3, -0.25) is 4.79 Å². The van der Waals surface area contributed by atoms with Crippen LogP contribution in [0.1, 0.15) is 32.6 Å². The molecule has 0 aliphatic rings. The molecule has 0 amide bonds. The number of hydrogen-bond donors (Lipinski definition) is 1. The molecule has 21 heavy (non-hydrogen) atoms. The molecule has 108 valence electrons. The molecule has 1 atom stereocenters. The van der Waals surface area contributed by atoms with Crippen molar-refractivity contribution in [1.29, 1.82) is 0 Å². The summed E-state index contributed by atoms with van der Waals surface area (Å²) in [5.74, 6) is -0.0945. The highest BCUT2D eigenvalue weighted by atomic mass is 31.1. The van der Waals surface area contributed by atoms with E-state index in [9.17, 15) is 9.36 Å². The van der Waals surface area contributed by atoms with Crippen LogP contribution in [0.25, 0.3) is 0 Å². The topological polar surface area (TPSA) is 63.6 Å². The predicted octanol–water partition coefficient (Wildman–Crippen LogP) is 3.87. The van der Waals surface area contributed by atoms with Crippen LogP contribution < -0.4 is 4.52 Å². The van der Waals surface area contributed by atoms with Crippen LogP contribution in [0.15, 0.2) is 36.4 Å². The molecule has 2 rings (SSSR count). The van der Waals surface area contributed by atoms with Crippen molar-refractivity contribution < 1.29 is 18.8 Å². The lowest BCUT2D eigenvalue weighted by molar-refractivity contribution is 0.103. The van der Waals surface area contributed by atoms with Gasteiger partial charge in [-0.05, 0) is 44.0 Å². The molecule has 0 saturated carbocycles. The largest absolute Gasteiger partial charge is 0.747 e. The quantitative estimate of drug-likeness (QED) is 0.688. The summed E-state index contributed by atoms with van der Waals surface area (Å²) in [5, 5.41) is 0. The Morgan fingerprint density at radius 1 is 1.10 bits per heavy atom. The van der Waals surface area contributed by atoms with Crippen molar-refractivity contribution in [3.8, 4) is 5.75 Å². The van der Waals surface area contributed by atoms with Crippen LogP contribution in [0.3, 0.4) is 0 Å². The first-order chi connectivity index (χ1) is 9.90. The number of hydrogen-bond acceptors (Lipinski definition) is 3. The Kier molecular flexibility index (Phi) is 4.51. The molecule has 0 aliphatic heterocycles. The van der Waals surface area contributed by atoms with Crippen molar-refractivity contribution in [3.05, 3.63) is 64.2 Å². The summed E-state index contributed by atoms with van der Waals surface area (Å²) in [6.45, 7) is 5.73. The van der Waals surface area contributed by atoms with Gasteiger partial charge in [0.25, 0.3) is 0 Å². The van der Waals surface area contributed by atoms with E-state index in [2.05, 4.69) is 0 Å². The highest BCUT2D eigenvalue weighted by Gasteiger charge is 2.23. The van der Waals surface area contributed by atoms with Gasteiger partial charge < -0.3 is 0 Å². The molecule has 0 aliphatic carbocycles. The van der Waals surface area contributed by atoms with Crippen molar-refractivity contribution in [2.45, 2.75) is 20.8 Å². The van der Waals surface area contributed by atoms with Gasteiger partial charge in [-0.1, -0.05) is 29.8 Å². The SMILES string of the molecule is Cc1cc(C)c(C(=O)c2ccccc2O[P+](=O)O)c(C)c1. The van der Waals surface area contributed by atoms with Crippen molar-refractivity contribution in [3.63, 3.8) is 0 Å². The van der Waals surface area contributed by atoms with Gasteiger partial charge >= 0.3 is 8.25 Å². The monoisotopic (exact) mass is 303 g/mol. The lowest BCUT2D eigenvalue weighted by Crippen LogP contribution is -2.08. The molecule has 1 N–H and O–H groups in total. The molecule has 4 nitrogen and oxygen atoms in total. The Morgan fingerprint density at radius 3 is 2.24 bits per heavy atom. The van der Waals surface area contributed by atoms with Gasteiger partial charge in [-0.2, -0.15) is 0 Å². The van der Waals surface area contributed by atoms with E-state index in [1.807, 2.05) is 32.9 Å². The Balaban J connectivity index is 2.53. The number of rotatable bonds is 4. The summed E-state index contributed by atoms with van der Waals surface area (Å²) in [7, 11) is -2.81.